The molecule has 0 radical (unpaired) electrons. The molecule has 136 valence electrons. The Balaban J connectivity index is 1.88. The molecule has 0 atom stereocenters. The van der Waals surface area contributed by atoms with Crippen LogP contribution in [0.4, 0.5) is 17.3 Å². The molecule has 27 heavy (non-hydrogen) atoms. The zero-order valence-electron chi connectivity index (χ0n) is 14.7. The predicted octanol–water partition coefficient (Wildman–Crippen LogP) is 1.81. The van der Waals surface area contributed by atoms with Crippen LogP contribution in [-0.4, -0.2) is 26.9 Å². The number of aliphatic imine (C=N–C) groups is 2. The lowest BCUT2D eigenvalue weighted by Gasteiger charge is -2.10. The fourth-order valence-electron chi connectivity index (χ4n) is 2.32. The molecule has 0 unspecified atom stereocenters. The van der Waals surface area contributed by atoms with E-state index in [4.69, 9.17) is 17.2 Å². The number of anilines is 2. The first-order valence-electron chi connectivity index (χ1n) is 8.06. The fourth-order valence-corrected chi connectivity index (χ4v) is 2.32. The summed E-state index contributed by atoms with van der Waals surface area (Å²) in [5, 5.41) is 3.20. The molecule has 3 rings (SSSR count). The van der Waals surface area contributed by atoms with Gasteiger partial charge < -0.3 is 22.5 Å². The van der Waals surface area contributed by atoms with Gasteiger partial charge in [0.25, 0.3) is 0 Å². The summed E-state index contributed by atoms with van der Waals surface area (Å²) >= 11 is 0. The number of aromatic nitrogens is 3. The zero-order valence-corrected chi connectivity index (χ0v) is 14.7. The Hall–Kier alpha value is -4.01. The molecule has 0 aliphatic rings. The highest BCUT2D eigenvalue weighted by Gasteiger charge is 2.06. The number of guanidine groups is 2. The summed E-state index contributed by atoms with van der Waals surface area (Å²) in [6.07, 6.45) is 5.15. The number of hydrogen-bond donors (Lipinski definition) is 4. The lowest BCUT2D eigenvalue weighted by Crippen LogP contribution is -2.26. The minimum Gasteiger partial charge on any atom is -0.370 e. The Morgan fingerprint density at radius 3 is 2.67 bits per heavy atom. The molecule has 0 amide bonds. The summed E-state index contributed by atoms with van der Waals surface area (Å²) in [6.45, 7) is 1.96. The monoisotopic (exact) mass is 361 g/mol. The first kappa shape index (κ1) is 17.8. The van der Waals surface area contributed by atoms with Gasteiger partial charge in [0, 0.05) is 29.8 Å². The quantitative estimate of drug-likeness (QED) is 0.408. The molecule has 0 spiro atoms. The Kier molecular flexibility index (Phi) is 5.22. The van der Waals surface area contributed by atoms with E-state index in [-0.39, 0.29) is 11.9 Å². The first-order chi connectivity index (χ1) is 13.0. The Labute approximate surface area is 156 Å². The van der Waals surface area contributed by atoms with Crippen molar-refractivity contribution in [1.29, 1.82) is 0 Å². The summed E-state index contributed by atoms with van der Waals surface area (Å²) in [4.78, 5) is 20.8. The van der Waals surface area contributed by atoms with Gasteiger partial charge in [0.05, 0.1) is 11.4 Å². The Morgan fingerprint density at radius 1 is 1.07 bits per heavy atom. The maximum Gasteiger partial charge on any atom is 0.227 e. The molecule has 3 aromatic rings. The smallest absolute Gasteiger partial charge is 0.227 e. The van der Waals surface area contributed by atoms with E-state index in [1.165, 1.54) is 0 Å². The highest BCUT2D eigenvalue weighted by molar-refractivity contribution is 5.93. The fraction of sp³-hybridized carbons (Fsp3) is 0.0556. The van der Waals surface area contributed by atoms with Crippen LogP contribution in [-0.2, 0) is 0 Å². The van der Waals surface area contributed by atoms with E-state index in [9.17, 15) is 0 Å². The molecule has 9 heteroatoms. The lowest BCUT2D eigenvalue weighted by molar-refractivity contribution is 1.16. The largest absolute Gasteiger partial charge is 0.370 e. The molecular formula is C18H19N9. The molecule has 0 aliphatic heterocycles. The molecule has 7 N–H and O–H groups in total. The van der Waals surface area contributed by atoms with E-state index >= 15 is 0 Å². The van der Waals surface area contributed by atoms with Crippen LogP contribution in [0.15, 0.2) is 65.0 Å². The number of pyridine rings is 1. The molecule has 2 aromatic heterocycles. The molecule has 0 saturated carbocycles. The van der Waals surface area contributed by atoms with Crippen LogP contribution in [0.1, 0.15) is 5.56 Å². The third-order valence-corrected chi connectivity index (χ3v) is 3.57. The lowest BCUT2D eigenvalue weighted by atomic mass is 10.2. The van der Waals surface area contributed by atoms with E-state index in [2.05, 4.69) is 30.3 Å². The van der Waals surface area contributed by atoms with E-state index < -0.39 is 0 Å². The second kappa shape index (κ2) is 7.91. The molecule has 0 bridgehead atoms. The SMILES string of the molecule is Cc1ccc(N=C(N)N=C(N)N)cc1Nc1nccc(-c2cccnc2)n1. The summed E-state index contributed by atoms with van der Waals surface area (Å²) in [5.74, 6) is 0.278. The molecule has 1 aromatic carbocycles. The number of hydrogen-bond acceptors (Lipinski definition) is 5. The topological polar surface area (TPSA) is 153 Å². The Bertz CT molecular complexity index is 993. The van der Waals surface area contributed by atoms with Crippen molar-refractivity contribution in [2.24, 2.45) is 27.2 Å². The van der Waals surface area contributed by atoms with Gasteiger partial charge in [0.1, 0.15) is 0 Å². The minimum atomic E-state index is -0.151. The highest BCUT2D eigenvalue weighted by atomic mass is 15.1. The van der Waals surface area contributed by atoms with Crippen molar-refractivity contribution in [3.8, 4) is 11.3 Å². The summed E-state index contributed by atoms with van der Waals surface area (Å²) < 4.78 is 0. The Morgan fingerprint density at radius 2 is 1.93 bits per heavy atom. The molecular weight excluding hydrogens is 342 g/mol. The number of aryl methyl sites for hydroxylation is 1. The van der Waals surface area contributed by atoms with Gasteiger partial charge in [-0.25, -0.2) is 15.0 Å². The van der Waals surface area contributed by atoms with Crippen LogP contribution in [0.3, 0.4) is 0 Å². The van der Waals surface area contributed by atoms with Crippen LogP contribution in [0.2, 0.25) is 0 Å². The molecule has 0 fully saturated rings. The van der Waals surface area contributed by atoms with Crippen molar-refractivity contribution in [2.45, 2.75) is 6.92 Å². The third-order valence-electron chi connectivity index (χ3n) is 3.57. The van der Waals surface area contributed by atoms with E-state index in [0.717, 1.165) is 22.5 Å². The van der Waals surface area contributed by atoms with Gasteiger partial charge in [-0.05, 0) is 42.8 Å². The van der Waals surface area contributed by atoms with Gasteiger partial charge in [0.2, 0.25) is 11.9 Å². The molecule has 2 heterocycles. The third kappa shape index (κ3) is 4.75. The van der Waals surface area contributed by atoms with Crippen LogP contribution in [0.25, 0.3) is 11.3 Å². The number of rotatable bonds is 4. The predicted molar refractivity (Wildman–Crippen MR) is 107 cm³/mol. The average Bonchev–Trinajstić information content (AvgIpc) is 2.65. The van der Waals surface area contributed by atoms with Crippen LogP contribution in [0, 0.1) is 6.92 Å². The molecule has 9 nitrogen and oxygen atoms in total. The van der Waals surface area contributed by atoms with Crippen molar-refractivity contribution >= 4 is 29.2 Å². The maximum atomic E-state index is 5.68. The van der Waals surface area contributed by atoms with Gasteiger partial charge in [-0.3, -0.25) is 4.98 Å². The minimum absolute atomic E-state index is 0.0281. The summed E-state index contributed by atoms with van der Waals surface area (Å²) in [7, 11) is 0. The van der Waals surface area contributed by atoms with E-state index in [1.54, 1.807) is 18.6 Å². The standard InChI is InChI=1S/C18H19N9/c1-11-4-5-13(24-17(21)27-16(19)20)9-15(11)26-18-23-8-6-14(25-18)12-3-2-7-22-10-12/h2-10H,1H3,(H,23,25,26)(H6,19,20,21,24,27). The highest BCUT2D eigenvalue weighted by Crippen LogP contribution is 2.25. The summed E-state index contributed by atoms with van der Waals surface area (Å²) in [6, 6.07) is 11.1. The summed E-state index contributed by atoms with van der Waals surface area (Å²) in [5.41, 5.74) is 20.3. The molecule has 0 saturated heterocycles. The van der Waals surface area contributed by atoms with Crippen LogP contribution >= 0.6 is 0 Å². The zero-order chi connectivity index (χ0) is 19.2. The van der Waals surface area contributed by atoms with E-state index in [0.29, 0.717) is 11.6 Å². The van der Waals surface area contributed by atoms with Crippen molar-refractivity contribution in [1.82, 2.24) is 15.0 Å². The number of benzene rings is 1. The number of nitrogens with two attached hydrogens (primary N) is 3. The van der Waals surface area contributed by atoms with Gasteiger partial charge in [-0.1, -0.05) is 6.07 Å². The first-order valence-corrected chi connectivity index (χ1v) is 8.06. The van der Waals surface area contributed by atoms with Crippen LogP contribution in [0.5, 0.6) is 0 Å². The van der Waals surface area contributed by atoms with Gasteiger partial charge in [0.15, 0.2) is 5.96 Å². The van der Waals surface area contributed by atoms with Gasteiger partial charge >= 0.3 is 0 Å². The number of nitrogens with one attached hydrogen (secondary N) is 1. The van der Waals surface area contributed by atoms with Crippen molar-refractivity contribution in [2.75, 3.05) is 5.32 Å². The second-order valence-corrected chi connectivity index (χ2v) is 5.64. The normalized spacial score (nSPS) is 11.1. The van der Waals surface area contributed by atoms with Crippen molar-refractivity contribution < 1.29 is 0 Å². The van der Waals surface area contributed by atoms with Crippen molar-refractivity contribution in [3.63, 3.8) is 0 Å². The van der Waals surface area contributed by atoms with Gasteiger partial charge in [-0.2, -0.15) is 4.99 Å². The average molecular weight is 361 g/mol. The van der Waals surface area contributed by atoms with Crippen LogP contribution < -0.4 is 22.5 Å². The maximum absolute atomic E-state index is 5.68. The second-order valence-electron chi connectivity index (χ2n) is 5.64. The molecule has 0 aliphatic carbocycles. The van der Waals surface area contributed by atoms with Gasteiger partial charge in [-0.15, -0.1) is 0 Å². The van der Waals surface area contributed by atoms with Crippen molar-refractivity contribution in [3.05, 3.63) is 60.6 Å². The van der Waals surface area contributed by atoms with E-state index in [1.807, 2.05) is 43.3 Å². The number of nitrogens with zero attached hydrogens (tertiary/aromatic N) is 5.